The van der Waals surface area contributed by atoms with E-state index in [1.165, 1.54) is 4.90 Å². The lowest BCUT2D eigenvalue weighted by Crippen LogP contribution is -2.31. The van der Waals surface area contributed by atoms with Crippen molar-refractivity contribution in [2.24, 2.45) is 5.92 Å². The molecule has 142 valence electrons. The lowest BCUT2D eigenvalue weighted by atomic mass is 10.1. The Morgan fingerprint density at radius 3 is 2.50 bits per heavy atom. The Morgan fingerprint density at radius 2 is 2.04 bits per heavy atom. The summed E-state index contributed by atoms with van der Waals surface area (Å²) in [6.45, 7) is 11.7. The molecule has 0 bridgehead atoms. The molecule has 3 rings (SSSR count). The number of β-amino-alcohol motifs (C(OH)–C–C–N with tert-alkyl or cyclic N) is 2. The average Bonchev–Trinajstić information content (AvgIpc) is 3.07. The van der Waals surface area contributed by atoms with Crippen molar-refractivity contribution in [2.45, 2.75) is 38.1 Å². The Bertz CT molecular complexity index is 735. The Kier molecular flexibility index (Phi) is 4.53. The van der Waals surface area contributed by atoms with Crippen LogP contribution in [-0.4, -0.2) is 53.1 Å². The first-order valence-corrected chi connectivity index (χ1v) is 8.42. The van der Waals surface area contributed by atoms with E-state index in [1.807, 2.05) is 6.92 Å². The van der Waals surface area contributed by atoms with Gasteiger partial charge in [0.15, 0.2) is 0 Å². The topological polar surface area (TPSA) is 64.2 Å². The minimum absolute atomic E-state index is 0.0587. The van der Waals surface area contributed by atoms with Gasteiger partial charge in [-0.05, 0) is 19.4 Å². The van der Waals surface area contributed by atoms with Crippen molar-refractivity contribution in [3.8, 4) is 0 Å². The van der Waals surface area contributed by atoms with Gasteiger partial charge in [0.1, 0.15) is 11.6 Å². The van der Waals surface area contributed by atoms with Crippen LogP contribution in [0.25, 0.3) is 4.85 Å². The van der Waals surface area contributed by atoms with E-state index in [1.54, 1.807) is 11.8 Å². The SMILES string of the molecule is [C-]#[N+]c1c(C(F)(F)F)cc(N2C[C@H](C)[C@@H](O)C2)nc1N1CC[C@](C)(O)C1. The number of halogens is 3. The van der Waals surface area contributed by atoms with Crippen molar-refractivity contribution in [1.29, 1.82) is 0 Å². The Hall–Kier alpha value is -2.05. The first kappa shape index (κ1) is 18.7. The second-order valence-corrected chi connectivity index (χ2v) is 7.43. The van der Waals surface area contributed by atoms with Crippen LogP contribution >= 0.6 is 0 Å². The molecule has 26 heavy (non-hydrogen) atoms. The molecular weight excluding hydrogens is 349 g/mol. The first-order chi connectivity index (χ1) is 12.0. The zero-order valence-corrected chi connectivity index (χ0v) is 14.6. The standard InChI is InChI=1S/C17H21F3N4O2/c1-10-7-24(8-12(10)25)13-6-11(17(18,19)20)14(21-3)15(22-13)23-5-4-16(2,26)9-23/h6,10,12,25-26H,4-5,7-9H2,1-2H3/t10-,12-,16-/m0/s1. The average molecular weight is 370 g/mol. The van der Waals surface area contributed by atoms with Crippen LogP contribution in [0, 0.1) is 12.5 Å². The van der Waals surface area contributed by atoms with Gasteiger partial charge in [0.2, 0.25) is 5.69 Å². The quantitative estimate of drug-likeness (QED) is 0.783. The molecule has 0 amide bonds. The largest absolute Gasteiger partial charge is 0.407 e. The van der Waals surface area contributed by atoms with E-state index in [-0.39, 0.29) is 30.6 Å². The number of pyridine rings is 1. The fraction of sp³-hybridized carbons (Fsp3) is 0.647. The van der Waals surface area contributed by atoms with Crippen LogP contribution in [0.3, 0.4) is 0 Å². The second-order valence-electron chi connectivity index (χ2n) is 7.43. The van der Waals surface area contributed by atoms with Crippen molar-refractivity contribution in [2.75, 3.05) is 36.0 Å². The lowest BCUT2D eigenvalue weighted by Gasteiger charge is -2.26. The predicted octanol–water partition coefficient (Wildman–Crippen LogP) is 2.43. The van der Waals surface area contributed by atoms with Crippen LogP contribution in [-0.2, 0) is 6.18 Å². The normalized spacial score (nSPS) is 29.3. The molecule has 2 N–H and O–H groups in total. The number of aliphatic hydroxyl groups excluding tert-OH is 1. The first-order valence-electron chi connectivity index (χ1n) is 8.42. The van der Waals surface area contributed by atoms with Crippen LogP contribution in [0.15, 0.2) is 6.07 Å². The highest BCUT2D eigenvalue weighted by molar-refractivity contribution is 5.75. The Labute approximate surface area is 149 Å². The molecule has 6 nitrogen and oxygen atoms in total. The second kappa shape index (κ2) is 6.28. The van der Waals surface area contributed by atoms with Gasteiger partial charge in [-0.15, -0.1) is 0 Å². The van der Waals surface area contributed by atoms with Crippen molar-refractivity contribution in [3.05, 3.63) is 23.0 Å². The number of alkyl halides is 3. The maximum Gasteiger partial charge on any atom is 0.407 e. The Morgan fingerprint density at radius 1 is 1.35 bits per heavy atom. The van der Waals surface area contributed by atoms with Crippen molar-refractivity contribution < 1.29 is 23.4 Å². The number of hydrogen-bond donors (Lipinski definition) is 2. The smallest absolute Gasteiger partial charge is 0.391 e. The monoisotopic (exact) mass is 370 g/mol. The minimum atomic E-state index is -4.70. The van der Waals surface area contributed by atoms with Crippen molar-refractivity contribution in [1.82, 2.24) is 4.98 Å². The summed E-state index contributed by atoms with van der Waals surface area (Å²) < 4.78 is 40.7. The molecule has 9 heteroatoms. The molecule has 3 heterocycles. The van der Waals surface area contributed by atoms with Crippen LogP contribution in [0.4, 0.5) is 30.5 Å². The summed E-state index contributed by atoms with van der Waals surface area (Å²) in [5, 5.41) is 20.1. The third kappa shape index (κ3) is 3.44. The number of rotatable bonds is 2. The van der Waals surface area contributed by atoms with E-state index >= 15 is 0 Å². The molecule has 3 atom stereocenters. The van der Waals surface area contributed by atoms with Gasteiger partial charge in [0.05, 0.1) is 23.8 Å². The van der Waals surface area contributed by atoms with Crippen LogP contribution in [0.1, 0.15) is 25.8 Å². The highest BCUT2D eigenvalue weighted by atomic mass is 19.4. The summed E-state index contributed by atoms with van der Waals surface area (Å²) >= 11 is 0. The van der Waals surface area contributed by atoms with Gasteiger partial charge in [-0.3, -0.25) is 0 Å². The highest BCUT2D eigenvalue weighted by Gasteiger charge is 2.40. The highest BCUT2D eigenvalue weighted by Crippen LogP contribution is 2.44. The predicted molar refractivity (Wildman–Crippen MR) is 90.3 cm³/mol. The molecule has 0 unspecified atom stereocenters. The van der Waals surface area contributed by atoms with Crippen LogP contribution in [0.5, 0.6) is 0 Å². The van der Waals surface area contributed by atoms with Gasteiger partial charge in [-0.25, -0.2) is 9.83 Å². The van der Waals surface area contributed by atoms with Gasteiger partial charge in [0, 0.05) is 32.1 Å². The third-order valence-electron chi connectivity index (χ3n) is 5.03. The van der Waals surface area contributed by atoms with E-state index in [4.69, 9.17) is 6.57 Å². The number of hydrogen-bond acceptors (Lipinski definition) is 5. The fourth-order valence-electron chi connectivity index (χ4n) is 3.48. The number of nitrogens with zero attached hydrogens (tertiary/aromatic N) is 4. The minimum Gasteiger partial charge on any atom is -0.391 e. The molecule has 2 aliphatic rings. The number of aromatic nitrogens is 1. The maximum atomic E-state index is 13.6. The lowest BCUT2D eigenvalue weighted by molar-refractivity contribution is -0.136. The van der Waals surface area contributed by atoms with Gasteiger partial charge in [-0.1, -0.05) is 6.92 Å². The fourth-order valence-corrected chi connectivity index (χ4v) is 3.48. The molecule has 2 saturated heterocycles. The Balaban J connectivity index is 2.10. The van der Waals surface area contributed by atoms with Gasteiger partial charge < -0.3 is 20.0 Å². The van der Waals surface area contributed by atoms with Gasteiger partial charge >= 0.3 is 6.18 Å². The molecule has 0 aliphatic carbocycles. The van der Waals surface area contributed by atoms with E-state index in [0.29, 0.717) is 19.5 Å². The molecule has 2 aliphatic heterocycles. The molecular formula is C17H21F3N4O2. The molecule has 1 aromatic rings. The molecule has 1 aromatic heterocycles. The molecule has 0 aromatic carbocycles. The molecule has 0 radical (unpaired) electrons. The van der Waals surface area contributed by atoms with Crippen molar-refractivity contribution in [3.63, 3.8) is 0 Å². The maximum absolute atomic E-state index is 13.6. The van der Waals surface area contributed by atoms with E-state index in [2.05, 4.69) is 9.83 Å². The summed E-state index contributed by atoms with van der Waals surface area (Å²) in [6.07, 6.45) is -4.95. The number of aliphatic hydroxyl groups is 2. The third-order valence-corrected chi connectivity index (χ3v) is 5.03. The van der Waals surface area contributed by atoms with Crippen molar-refractivity contribution >= 4 is 17.3 Å². The van der Waals surface area contributed by atoms with Gasteiger partial charge in [0.25, 0.3) is 0 Å². The summed E-state index contributed by atoms with van der Waals surface area (Å²) in [5.41, 5.74) is -2.62. The molecule has 0 spiro atoms. The zero-order valence-electron chi connectivity index (χ0n) is 14.6. The van der Waals surface area contributed by atoms with E-state index in [9.17, 15) is 23.4 Å². The summed E-state index contributed by atoms with van der Waals surface area (Å²) in [6, 6.07) is 0.885. The molecule has 0 saturated carbocycles. The molecule has 2 fully saturated rings. The van der Waals surface area contributed by atoms with Crippen LogP contribution < -0.4 is 9.80 Å². The summed E-state index contributed by atoms with van der Waals surface area (Å²) in [4.78, 5) is 10.6. The van der Waals surface area contributed by atoms with E-state index in [0.717, 1.165) is 6.07 Å². The van der Waals surface area contributed by atoms with E-state index < -0.39 is 29.1 Å². The zero-order chi connectivity index (χ0) is 19.3. The van der Waals surface area contributed by atoms with Gasteiger partial charge in [-0.2, -0.15) is 13.2 Å². The number of anilines is 2. The summed E-state index contributed by atoms with van der Waals surface area (Å²) in [5.74, 6) is -0.0473. The summed E-state index contributed by atoms with van der Waals surface area (Å²) in [7, 11) is 0. The van der Waals surface area contributed by atoms with Crippen LogP contribution in [0.2, 0.25) is 0 Å².